The molecule has 4 heterocycles. The first kappa shape index (κ1) is 14.5. The quantitative estimate of drug-likeness (QED) is 0.769. The van der Waals surface area contributed by atoms with Gasteiger partial charge in [-0.15, -0.1) is 0 Å². The SMILES string of the molecule is COC1=CC(c2cc3cnccc3[nH]2)=N/C1=C\c1[nH]c(C)cc1C. The van der Waals surface area contributed by atoms with E-state index in [9.17, 15) is 0 Å². The summed E-state index contributed by atoms with van der Waals surface area (Å²) in [6, 6.07) is 6.13. The number of aliphatic imine (C=N–C) groups is 1. The van der Waals surface area contributed by atoms with Crippen LogP contribution in [0.1, 0.15) is 22.6 Å². The minimum absolute atomic E-state index is 0.758. The van der Waals surface area contributed by atoms with Gasteiger partial charge in [0.25, 0.3) is 0 Å². The summed E-state index contributed by atoms with van der Waals surface area (Å²) in [6.45, 7) is 4.13. The second-order valence-electron chi connectivity index (χ2n) is 5.93. The molecule has 0 saturated carbocycles. The fourth-order valence-electron chi connectivity index (χ4n) is 2.97. The molecule has 120 valence electrons. The van der Waals surface area contributed by atoms with Crippen LogP contribution in [-0.4, -0.2) is 27.8 Å². The monoisotopic (exact) mass is 318 g/mol. The summed E-state index contributed by atoms with van der Waals surface area (Å²) in [5.41, 5.74) is 7.04. The second-order valence-corrected chi connectivity index (χ2v) is 5.93. The highest BCUT2D eigenvalue weighted by atomic mass is 16.5. The van der Waals surface area contributed by atoms with Gasteiger partial charge in [0.05, 0.1) is 18.5 Å². The predicted octanol–water partition coefficient (Wildman–Crippen LogP) is 3.88. The number of ether oxygens (including phenoxy) is 1. The van der Waals surface area contributed by atoms with Crippen LogP contribution in [0.15, 0.2) is 53.1 Å². The maximum Gasteiger partial charge on any atom is 0.146 e. The summed E-state index contributed by atoms with van der Waals surface area (Å²) in [7, 11) is 1.67. The lowest BCUT2D eigenvalue weighted by Crippen LogP contribution is -1.93. The molecule has 0 atom stereocenters. The van der Waals surface area contributed by atoms with Gasteiger partial charge in [-0.3, -0.25) is 4.98 Å². The van der Waals surface area contributed by atoms with Gasteiger partial charge in [0.15, 0.2) is 0 Å². The average molecular weight is 318 g/mol. The molecule has 0 saturated heterocycles. The van der Waals surface area contributed by atoms with Crippen molar-refractivity contribution in [3.05, 3.63) is 70.8 Å². The van der Waals surface area contributed by atoms with Crippen LogP contribution in [0.4, 0.5) is 0 Å². The smallest absolute Gasteiger partial charge is 0.146 e. The molecule has 2 N–H and O–H groups in total. The highest BCUT2D eigenvalue weighted by Gasteiger charge is 2.18. The third-order valence-electron chi connectivity index (χ3n) is 4.15. The van der Waals surface area contributed by atoms with Gasteiger partial charge >= 0.3 is 0 Å². The number of rotatable bonds is 3. The average Bonchev–Trinajstić information content (AvgIpc) is 3.24. The fraction of sp³-hybridized carbons (Fsp3) is 0.158. The number of aromatic amines is 2. The Morgan fingerprint density at radius 2 is 2.04 bits per heavy atom. The number of methoxy groups -OCH3 is 1. The molecule has 4 rings (SSSR count). The van der Waals surface area contributed by atoms with Crippen LogP contribution in [-0.2, 0) is 4.74 Å². The zero-order chi connectivity index (χ0) is 16.7. The third kappa shape index (κ3) is 2.44. The number of H-pyrrole nitrogens is 2. The third-order valence-corrected chi connectivity index (χ3v) is 4.15. The van der Waals surface area contributed by atoms with Crippen molar-refractivity contribution in [3.63, 3.8) is 0 Å². The van der Waals surface area contributed by atoms with Crippen molar-refractivity contribution in [2.24, 2.45) is 4.99 Å². The van der Waals surface area contributed by atoms with Crippen molar-refractivity contribution in [2.75, 3.05) is 7.11 Å². The molecule has 24 heavy (non-hydrogen) atoms. The normalized spacial score (nSPS) is 15.9. The molecule has 1 aliphatic rings. The minimum atomic E-state index is 0.758. The Hall–Kier alpha value is -3.08. The number of allylic oxidation sites excluding steroid dienone is 1. The van der Waals surface area contributed by atoms with Crippen molar-refractivity contribution < 1.29 is 4.74 Å². The molecule has 3 aromatic rings. The highest BCUT2D eigenvalue weighted by Crippen LogP contribution is 2.26. The van der Waals surface area contributed by atoms with Crippen LogP contribution < -0.4 is 0 Å². The van der Waals surface area contributed by atoms with E-state index in [0.717, 1.165) is 45.2 Å². The number of aryl methyl sites for hydroxylation is 2. The summed E-state index contributed by atoms with van der Waals surface area (Å²) in [4.78, 5) is 15.6. The van der Waals surface area contributed by atoms with E-state index in [-0.39, 0.29) is 0 Å². The molecule has 3 aromatic heterocycles. The predicted molar refractivity (Wildman–Crippen MR) is 96.0 cm³/mol. The van der Waals surface area contributed by atoms with E-state index in [0.29, 0.717) is 0 Å². The van der Waals surface area contributed by atoms with Gasteiger partial charge in [-0.25, -0.2) is 4.99 Å². The molecular weight excluding hydrogens is 300 g/mol. The van der Waals surface area contributed by atoms with Gasteiger partial charge in [-0.1, -0.05) is 0 Å². The lowest BCUT2D eigenvalue weighted by atomic mass is 10.2. The molecule has 0 radical (unpaired) electrons. The van der Waals surface area contributed by atoms with E-state index >= 15 is 0 Å². The summed E-state index contributed by atoms with van der Waals surface area (Å²) >= 11 is 0. The number of nitrogens with one attached hydrogen (secondary N) is 2. The van der Waals surface area contributed by atoms with Crippen molar-refractivity contribution in [3.8, 4) is 0 Å². The molecule has 0 aromatic carbocycles. The second kappa shape index (κ2) is 5.53. The van der Waals surface area contributed by atoms with Crippen molar-refractivity contribution >= 4 is 22.7 Å². The van der Waals surface area contributed by atoms with Crippen LogP contribution >= 0.6 is 0 Å². The van der Waals surface area contributed by atoms with Gasteiger partial charge in [0.2, 0.25) is 0 Å². The molecule has 5 heteroatoms. The lowest BCUT2D eigenvalue weighted by molar-refractivity contribution is 0.303. The van der Waals surface area contributed by atoms with E-state index < -0.39 is 0 Å². The summed E-state index contributed by atoms with van der Waals surface area (Å²) in [5.74, 6) is 0.758. The van der Waals surface area contributed by atoms with Gasteiger partial charge in [0, 0.05) is 40.8 Å². The molecule has 0 fully saturated rings. The van der Waals surface area contributed by atoms with Crippen molar-refractivity contribution in [1.82, 2.24) is 15.0 Å². The Morgan fingerprint density at radius 1 is 1.17 bits per heavy atom. The summed E-state index contributed by atoms with van der Waals surface area (Å²) in [6.07, 6.45) is 7.59. The molecule has 1 aliphatic heterocycles. The summed E-state index contributed by atoms with van der Waals surface area (Å²) in [5, 5.41) is 1.07. The zero-order valence-electron chi connectivity index (χ0n) is 13.8. The number of aromatic nitrogens is 3. The Labute approximate surface area is 139 Å². The Balaban J connectivity index is 1.77. The van der Waals surface area contributed by atoms with Crippen LogP contribution in [0.25, 0.3) is 17.0 Å². The fourth-order valence-corrected chi connectivity index (χ4v) is 2.97. The van der Waals surface area contributed by atoms with Gasteiger partial charge in [-0.2, -0.15) is 0 Å². The first-order valence-electron chi connectivity index (χ1n) is 7.80. The first-order chi connectivity index (χ1) is 11.6. The van der Waals surface area contributed by atoms with Crippen LogP contribution in [0.3, 0.4) is 0 Å². The van der Waals surface area contributed by atoms with E-state index in [2.05, 4.69) is 34.0 Å². The molecule has 0 amide bonds. The van der Waals surface area contributed by atoms with E-state index in [1.165, 1.54) is 5.56 Å². The Kier molecular flexibility index (Phi) is 3.34. The summed E-state index contributed by atoms with van der Waals surface area (Å²) < 4.78 is 5.51. The lowest BCUT2D eigenvalue weighted by Gasteiger charge is -2.01. The van der Waals surface area contributed by atoms with Crippen LogP contribution in [0, 0.1) is 13.8 Å². The molecule has 0 bridgehead atoms. The zero-order valence-corrected chi connectivity index (χ0v) is 13.8. The number of fused-ring (bicyclic) bond motifs is 1. The molecule has 5 nitrogen and oxygen atoms in total. The topological polar surface area (TPSA) is 66.1 Å². The molecule has 0 unspecified atom stereocenters. The van der Waals surface area contributed by atoms with Gasteiger partial charge in [-0.05, 0) is 43.7 Å². The van der Waals surface area contributed by atoms with Crippen LogP contribution in [0.2, 0.25) is 0 Å². The number of hydrogen-bond donors (Lipinski definition) is 2. The van der Waals surface area contributed by atoms with Gasteiger partial charge < -0.3 is 14.7 Å². The number of nitrogens with zero attached hydrogens (tertiary/aromatic N) is 2. The van der Waals surface area contributed by atoms with E-state index in [1.807, 2.05) is 31.3 Å². The Bertz CT molecular complexity index is 984. The Morgan fingerprint density at radius 3 is 2.75 bits per heavy atom. The first-order valence-corrected chi connectivity index (χ1v) is 7.80. The maximum atomic E-state index is 5.51. The van der Waals surface area contributed by atoms with E-state index in [1.54, 1.807) is 13.3 Å². The van der Waals surface area contributed by atoms with Crippen LogP contribution in [0.5, 0.6) is 0 Å². The standard InChI is InChI=1S/C19H18N4O/c1-11-6-12(2)21-15(11)8-18-19(24-3)9-17(23-18)16-7-13-10-20-5-4-14(13)22-16/h4-10,21-22H,1-3H3/b18-8-. The number of hydrogen-bond acceptors (Lipinski definition) is 3. The van der Waals surface area contributed by atoms with E-state index in [4.69, 9.17) is 9.73 Å². The van der Waals surface area contributed by atoms with Crippen molar-refractivity contribution in [1.29, 1.82) is 0 Å². The number of pyridine rings is 1. The molecular formula is C19H18N4O. The highest BCUT2D eigenvalue weighted by molar-refractivity contribution is 6.13. The van der Waals surface area contributed by atoms with Crippen molar-refractivity contribution in [2.45, 2.75) is 13.8 Å². The molecule has 0 spiro atoms. The largest absolute Gasteiger partial charge is 0.494 e. The minimum Gasteiger partial charge on any atom is -0.494 e. The maximum absolute atomic E-state index is 5.51. The molecule has 0 aliphatic carbocycles. The van der Waals surface area contributed by atoms with Gasteiger partial charge in [0.1, 0.15) is 11.5 Å².